The molecule has 0 aromatic carbocycles. The number of ether oxygens (including phenoxy) is 4. The maximum atomic E-state index is 13.1. The molecule has 0 spiro atoms. The Kier molecular flexibility index (Phi) is 72.9. The number of phosphoric ester groups is 2. The molecule has 0 aliphatic rings. The fourth-order valence-corrected chi connectivity index (χ4v) is 14.2. The Morgan fingerprint density at radius 1 is 0.298 bits per heavy atom. The van der Waals surface area contributed by atoms with Gasteiger partial charge in [-0.2, -0.15) is 0 Å². The van der Waals surface area contributed by atoms with E-state index in [9.17, 15) is 43.2 Å². The first-order valence-corrected chi connectivity index (χ1v) is 46.2. The summed E-state index contributed by atoms with van der Waals surface area (Å²) in [6.07, 6.45) is 67.7. The molecule has 0 aliphatic heterocycles. The third kappa shape index (κ3) is 77.7. The van der Waals surface area contributed by atoms with Crippen LogP contribution in [0.25, 0.3) is 0 Å². The van der Waals surface area contributed by atoms with Crippen LogP contribution in [0.15, 0.2) is 24.3 Å². The van der Waals surface area contributed by atoms with Crippen LogP contribution in [0.1, 0.15) is 421 Å². The highest BCUT2D eigenvalue weighted by atomic mass is 31.2. The van der Waals surface area contributed by atoms with Crippen molar-refractivity contribution in [3.63, 3.8) is 0 Å². The Labute approximate surface area is 637 Å². The van der Waals surface area contributed by atoms with Crippen LogP contribution < -0.4 is 0 Å². The van der Waals surface area contributed by atoms with Gasteiger partial charge >= 0.3 is 39.5 Å². The number of phosphoric acid groups is 2. The van der Waals surface area contributed by atoms with Gasteiger partial charge in [0.1, 0.15) is 19.3 Å². The van der Waals surface area contributed by atoms with E-state index in [4.69, 9.17) is 37.0 Å². The Morgan fingerprint density at radius 2 is 0.519 bits per heavy atom. The Morgan fingerprint density at radius 3 is 0.779 bits per heavy atom. The summed E-state index contributed by atoms with van der Waals surface area (Å²) in [5, 5.41) is 10.7. The first-order valence-electron chi connectivity index (χ1n) is 43.2. The zero-order valence-electron chi connectivity index (χ0n) is 68.0. The van der Waals surface area contributed by atoms with Crippen molar-refractivity contribution in [2.75, 3.05) is 39.6 Å². The maximum Gasteiger partial charge on any atom is 0.472 e. The summed E-state index contributed by atoms with van der Waals surface area (Å²) in [6, 6.07) is 0. The molecule has 614 valence electrons. The molecule has 0 amide bonds. The van der Waals surface area contributed by atoms with Gasteiger partial charge < -0.3 is 33.8 Å². The monoisotopic (exact) mass is 1520 g/mol. The van der Waals surface area contributed by atoms with Crippen LogP contribution >= 0.6 is 15.6 Å². The van der Waals surface area contributed by atoms with Crippen LogP contribution in [0.4, 0.5) is 0 Å². The summed E-state index contributed by atoms with van der Waals surface area (Å²) in [4.78, 5) is 73.1. The maximum absolute atomic E-state index is 13.1. The Hall–Kier alpha value is -2.46. The second kappa shape index (κ2) is 74.6. The van der Waals surface area contributed by atoms with Crippen LogP contribution in [0.3, 0.4) is 0 Å². The van der Waals surface area contributed by atoms with Crippen molar-refractivity contribution in [3.05, 3.63) is 24.3 Å². The summed E-state index contributed by atoms with van der Waals surface area (Å²) in [7, 11) is -9.94. The van der Waals surface area contributed by atoms with E-state index >= 15 is 0 Å². The number of carbonyl (C=O) groups excluding carboxylic acids is 4. The molecule has 17 nitrogen and oxygen atoms in total. The van der Waals surface area contributed by atoms with Crippen LogP contribution in [0.2, 0.25) is 0 Å². The molecule has 0 aromatic rings. The van der Waals surface area contributed by atoms with Crippen molar-refractivity contribution < 1.29 is 80.2 Å². The number of carbonyl (C=O) groups is 4. The highest BCUT2D eigenvalue weighted by molar-refractivity contribution is 7.47. The van der Waals surface area contributed by atoms with Crippen molar-refractivity contribution in [1.82, 2.24) is 0 Å². The third-order valence-electron chi connectivity index (χ3n) is 19.3. The summed E-state index contributed by atoms with van der Waals surface area (Å²) in [5.41, 5.74) is 0. The quantitative estimate of drug-likeness (QED) is 0.0169. The number of esters is 4. The van der Waals surface area contributed by atoms with Crippen molar-refractivity contribution in [3.8, 4) is 0 Å². The fourth-order valence-electron chi connectivity index (χ4n) is 12.7. The van der Waals surface area contributed by atoms with Crippen molar-refractivity contribution in [2.45, 2.75) is 439 Å². The molecule has 3 unspecified atom stereocenters. The molecule has 0 aromatic heterocycles. The first kappa shape index (κ1) is 102. The number of unbranched alkanes of at least 4 members (excludes halogenated alkanes) is 46. The zero-order valence-corrected chi connectivity index (χ0v) is 69.8. The molecule has 0 fully saturated rings. The molecule has 0 saturated carbocycles. The number of hydrogen-bond donors (Lipinski definition) is 3. The lowest BCUT2D eigenvalue weighted by Gasteiger charge is -2.21. The predicted molar refractivity (Wildman–Crippen MR) is 427 cm³/mol. The molecule has 5 atom stereocenters. The second-order valence-corrected chi connectivity index (χ2v) is 34.2. The minimum Gasteiger partial charge on any atom is -0.462 e. The average Bonchev–Trinajstić information content (AvgIpc) is 0.903. The fraction of sp³-hybridized carbons (Fsp3) is 0.906. The van der Waals surface area contributed by atoms with Gasteiger partial charge in [-0.15, -0.1) is 0 Å². The molecule has 0 aliphatic carbocycles. The summed E-state index contributed by atoms with van der Waals surface area (Å²) in [5.74, 6) is 0.168. The van der Waals surface area contributed by atoms with E-state index in [-0.39, 0.29) is 25.7 Å². The second-order valence-electron chi connectivity index (χ2n) is 31.3. The van der Waals surface area contributed by atoms with E-state index in [0.29, 0.717) is 31.6 Å². The molecule has 104 heavy (non-hydrogen) atoms. The van der Waals surface area contributed by atoms with E-state index in [1.807, 2.05) is 0 Å². The first-order chi connectivity index (χ1) is 50.2. The van der Waals surface area contributed by atoms with E-state index in [2.05, 4.69) is 72.8 Å². The lowest BCUT2D eigenvalue weighted by atomic mass is 10.0. The smallest absolute Gasteiger partial charge is 0.462 e. The molecule has 19 heteroatoms. The summed E-state index contributed by atoms with van der Waals surface area (Å²) >= 11 is 0. The number of rotatable bonds is 81. The molecule has 3 N–H and O–H groups in total. The lowest BCUT2D eigenvalue weighted by Crippen LogP contribution is -2.30. The Balaban J connectivity index is 5.21. The molecule has 0 heterocycles. The number of allylic oxidation sites excluding steroid dienone is 4. The van der Waals surface area contributed by atoms with E-state index in [1.165, 1.54) is 212 Å². The number of aliphatic hydroxyl groups excluding tert-OH is 1. The minimum atomic E-state index is -4.97. The largest absolute Gasteiger partial charge is 0.472 e. The molecule has 0 rings (SSSR count). The van der Waals surface area contributed by atoms with Crippen LogP contribution in [0.5, 0.6) is 0 Å². The zero-order chi connectivity index (χ0) is 76.5. The number of hydrogen-bond acceptors (Lipinski definition) is 15. The molecule has 0 saturated heterocycles. The Bertz CT molecular complexity index is 2100. The van der Waals surface area contributed by atoms with Gasteiger partial charge in [-0.3, -0.25) is 37.3 Å². The highest BCUT2D eigenvalue weighted by Gasteiger charge is 2.30. The number of aliphatic hydroxyl groups is 1. The molecular weight excluding hydrogens is 1350 g/mol. The van der Waals surface area contributed by atoms with Crippen LogP contribution in [0, 0.1) is 17.8 Å². The van der Waals surface area contributed by atoms with Gasteiger partial charge in [-0.05, 0) is 69.1 Å². The van der Waals surface area contributed by atoms with Gasteiger partial charge in [0.25, 0.3) is 0 Å². The summed E-state index contributed by atoms with van der Waals surface area (Å²) < 4.78 is 68.7. The normalized spacial score (nSPS) is 14.0. The topological polar surface area (TPSA) is 237 Å². The molecule has 0 radical (unpaired) electrons. The lowest BCUT2D eigenvalue weighted by molar-refractivity contribution is -0.161. The minimum absolute atomic E-state index is 0.0853. The van der Waals surface area contributed by atoms with E-state index < -0.39 is 97.5 Å². The van der Waals surface area contributed by atoms with E-state index in [1.54, 1.807) is 0 Å². The van der Waals surface area contributed by atoms with Gasteiger partial charge in [0.05, 0.1) is 26.4 Å². The highest BCUT2D eigenvalue weighted by Crippen LogP contribution is 2.45. The van der Waals surface area contributed by atoms with Gasteiger partial charge in [0.2, 0.25) is 0 Å². The molecular formula is C85H162O17P2. The SMILES string of the molecule is CCCCCC/C=C\C=C/CCCCCCCC(=O)O[C@H](COC(=O)CCCCCCCCCCCCCCCCCCCCC(C)C)COP(=O)(O)OCC(O)COP(=O)(O)OC[C@@H](COC(=O)CCCCCCCCC(C)C)OC(=O)CCCCCCCCCCCCCCCCCCC(C)C. The van der Waals surface area contributed by atoms with Crippen LogP contribution in [-0.4, -0.2) is 96.7 Å². The van der Waals surface area contributed by atoms with Gasteiger partial charge in [-0.25, -0.2) is 9.13 Å². The summed E-state index contributed by atoms with van der Waals surface area (Å²) in [6.45, 7) is 11.9. The van der Waals surface area contributed by atoms with Crippen LogP contribution in [-0.2, 0) is 65.4 Å². The van der Waals surface area contributed by atoms with E-state index in [0.717, 1.165) is 121 Å². The van der Waals surface area contributed by atoms with Gasteiger partial charge in [-0.1, -0.05) is 368 Å². The third-order valence-corrected chi connectivity index (χ3v) is 21.2. The standard InChI is InChI=1S/C85H162O17P2/c1-8-9-10-11-12-13-14-15-22-30-35-40-45-54-61-68-84(89)101-80(72-95-82(87)66-59-52-44-39-34-29-25-19-17-16-18-23-27-32-37-42-49-56-63-76(2)3)74-99-103(91,92)97-70-79(86)71-98-104(93,94)100-75-81(73-96-83(88)67-60-53-48-47-51-58-65-78(6)7)102-85(90)69-62-55-46-41-36-31-26-21-20-24-28-33-38-43-50-57-64-77(4)5/h13-15,22,76-81,86H,8-12,16-21,23-75H2,1-7H3,(H,91,92)(H,93,94)/b14-13-,22-15-/t79?,80-,81-/m1/s1. The average molecular weight is 1520 g/mol. The van der Waals surface area contributed by atoms with Crippen molar-refractivity contribution in [2.24, 2.45) is 17.8 Å². The molecule has 0 bridgehead atoms. The predicted octanol–water partition coefficient (Wildman–Crippen LogP) is 25.3. The van der Waals surface area contributed by atoms with Crippen molar-refractivity contribution in [1.29, 1.82) is 0 Å². The van der Waals surface area contributed by atoms with Gasteiger partial charge in [0, 0.05) is 25.7 Å². The van der Waals surface area contributed by atoms with Gasteiger partial charge in [0.15, 0.2) is 12.2 Å². The van der Waals surface area contributed by atoms with Crippen molar-refractivity contribution >= 4 is 39.5 Å².